The Morgan fingerprint density at radius 3 is 1.50 bits per heavy atom. The highest BCUT2D eigenvalue weighted by Gasteiger charge is 2.44. The fourth-order valence-corrected chi connectivity index (χ4v) is 2.69. The molecule has 0 saturated carbocycles. The molecule has 6 nitrogen and oxygen atoms in total. The highest BCUT2D eigenvalue weighted by atomic mass is 79.9. The third-order valence-electron chi connectivity index (χ3n) is 3.38. The number of carbonyl (C=O) groups excluding carboxylic acids is 2. The van der Waals surface area contributed by atoms with Gasteiger partial charge in [-0.2, -0.15) is 0 Å². The van der Waals surface area contributed by atoms with E-state index in [2.05, 4.69) is 15.9 Å². The number of carboxylic acid groups (broad SMARTS) is 2. The van der Waals surface area contributed by atoms with Gasteiger partial charge in [-0.05, 0) is 31.5 Å². The summed E-state index contributed by atoms with van der Waals surface area (Å²) < 4.78 is 0.708. The number of hydrogen-bond acceptors (Lipinski definition) is 4. The van der Waals surface area contributed by atoms with Crippen LogP contribution in [0.1, 0.15) is 25.3 Å². The first-order valence-electron chi connectivity index (χ1n) is 6.38. The Labute approximate surface area is 135 Å². The van der Waals surface area contributed by atoms with Gasteiger partial charge < -0.3 is 10.2 Å². The monoisotopic (exact) mass is 370 g/mol. The number of hydrogen-bond donors (Lipinski definition) is 2. The smallest absolute Gasteiger partial charge is 0.314 e. The van der Waals surface area contributed by atoms with Crippen molar-refractivity contribution in [3.05, 3.63) is 34.3 Å². The molecule has 0 aliphatic heterocycles. The molecule has 0 aliphatic rings. The molecule has 0 spiro atoms. The number of ketones is 2. The van der Waals surface area contributed by atoms with Crippen LogP contribution < -0.4 is 0 Å². The first kappa shape index (κ1) is 18.0. The summed E-state index contributed by atoms with van der Waals surface area (Å²) in [5.41, 5.74) is 0.313. The van der Waals surface area contributed by atoms with Gasteiger partial charge in [-0.3, -0.25) is 19.2 Å². The summed E-state index contributed by atoms with van der Waals surface area (Å²) in [6.45, 7) is 2.15. The fraction of sp³-hybridized carbons (Fsp3) is 0.333. The molecule has 0 fully saturated rings. The van der Waals surface area contributed by atoms with Crippen molar-refractivity contribution in [3.63, 3.8) is 0 Å². The average Bonchev–Trinajstić information content (AvgIpc) is 2.37. The van der Waals surface area contributed by atoms with Crippen LogP contribution in [0.15, 0.2) is 28.7 Å². The molecule has 22 heavy (non-hydrogen) atoms. The van der Waals surface area contributed by atoms with E-state index in [4.69, 9.17) is 0 Å². The SMILES string of the molecule is CC(=O)C(C(=O)O)C(c1ccc(Br)cc1)C(C(C)=O)C(=O)O. The predicted octanol–water partition coefficient (Wildman–Crippen LogP) is 2.11. The van der Waals surface area contributed by atoms with Gasteiger partial charge in [0.05, 0.1) is 0 Å². The molecule has 0 amide bonds. The van der Waals surface area contributed by atoms with Gasteiger partial charge in [-0.15, -0.1) is 0 Å². The lowest BCUT2D eigenvalue weighted by atomic mass is 9.73. The Kier molecular flexibility index (Phi) is 5.99. The van der Waals surface area contributed by atoms with Crippen molar-refractivity contribution in [1.82, 2.24) is 0 Å². The molecule has 2 unspecified atom stereocenters. The van der Waals surface area contributed by atoms with Crippen molar-refractivity contribution >= 4 is 39.4 Å². The van der Waals surface area contributed by atoms with Gasteiger partial charge in [0.1, 0.15) is 23.4 Å². The third kappa shape index (κ3) is 4.00. The van der Waals surface area contributed by atoms with Crippen molar-refractivity contribution in [1.29, 1.82) is 0 Å². The van der Waals surface area contributed by atoms with Gasteiger partial charge in [0.25, 0.3) is 0 Å². The second kappa shape index (κ2) is 7.31. The van der Waals surface area contributed by atoms with E-state index < -0.39 is 41.3 Å². The summed E-state index contributed by atoms with van der Waals surface area (Å²) in [5, 5.41) is 18.6. The fourth-order valence-electron chi connectivity index (χ4n) is 2.42. The van der Waals surface area contributed by atoms with E-state index >= 15 is 0 Å². The molecule has 1 rings (SSSR count). The summed E-state index contributed by atoms with van der Waals surface area (Å²) in [6.07, 6.45) is 0. The first-order chi connectivity index (χ1) is 10.2. The minimum absolute atomic E-state index is 0.313. The molecule has 1 aromatic rings. The normalized spacial score (nSPS) is 14.7. The van der Waals surface area contributed by atoms with Gasteiger partial charge in [-0.1, -0.05) is 28.1 Å². The molecule has 0 radical (unpaired) electrons. The lowest BCUT2D eigenvalue weighted by molar-refractivity contribution is -0.151. The van der Waals surface area contributed by atoms with E-state index in [1.54, 1.807) is 12.1 Å². The molecule has 0 heterocycles. The highest BCUT2D eigenvalue weighted by Crippen LogP contribution is 2.35. The van der Waals surface area contributed by atoms with Crippen molar-refractivity contribution in [2.75, 3.05) is 0 Å². The third-order valence-corrected chi connectivity index (χ3v) is 3.91. The topological polar surface area (TPSA) is 109 Å². The van der Waals surface area contributed by atoms with Gasteiger partial charge in [0, 0.05) is 10.4 Å². The number of benzene rings is 1. The van der Waals surface area contributed by atoms with Crippen molar-refractivity contribution < 1.29 is 29.4 Å². The van der Waals surface area contributed by atoms with Crippen molar-refractivity contribution in [2.45, 2.75) is 19.8 Å². The van der Waals surface area contributed by atoms with Gasteiger partial charge in [0.15, 0.2) is 0 Å². The summed E-state index contributed by atoms with van der Waals surface area (Å²) >= 11 is 3.22. The molecule has 2 atom stereocenters. The number of halogens is 1. The Hall–Kier alpha value is -2.02. The Morgan fingerprint density at radius 1 is 0.864 bits per heavy atom. The zero-order valence-electron chi connectivity index (χ0n) is 11.9. The van der Waals surface area contributed by atoms with Crippen LogP contribution in [0, 0.1) is 11.8 Å². The molecular formula is C15H15BrO6. The number of carboxylic acids is 2. The maximum Gasteiger partial charge on any atom is 0.314 e. The molecule has 2 N–H and O–H groups in total. The zero-order valence-corrected chi connectivity index (χ0v) is 13.5. The van der Waals surface area contributed by atoms with Gasteiger partial charge >= 0.3 is 11.9 Å². The van der Waals surface area contributed by atoms with Gasteiger partial charge in [-0.25, -0.2) is 0 Å². The lowest BCUT2D eigenvalue weighted by Gasteiger charge is -2.27. The van der Waals surface area contributed by atoms with E-state index in [1.807, 2.05) is 0 Å². The van der Waals surface area contributed by atoms with Crippen LogP contribution in [0.3, 0.4) is 0 Å². The second-order valence-corrected chi connectivity index (χ2v) is 5.85. The minimum Gasteiger partial charge on any atom is -0.481 e. The predicted molar refractivity (Wildman–Crippen MR) is 80.5 cm³/mol. The number of Topliss-reactive ketones (excluding diaryl/α,β-unsaturated/α-hetero) is 2. The largest absolute Gasteiger partial charge is 0.481 e. The van der Waals surface area contributed by atoms with Crippen LogP contribution in [0.5, 0.6) is 0 Å². The summed E-state index contributed by atoms with van der Waals surface area (Å²) in [5.74, 6) is -8.78. The number of rotatable bonds is 7. The van der Waals surface area contributed by atoms with E-state index in [0.29, 0.717) is 10.0 Å². The maximum absolute atomic E-state index is 11.7. The van der Waals surface area contributed by atoms with E-state index in [0.717, 1.165) is 13.8 Å². The molecule has 0 aromatic heterocycles. The minimum atomic E-state index is -1.61. The molecular weight excluding hydrogens is 356 g/mol. The molecule has 7 heteroatoms. The highest BCUT2D eigenvalue weighted by molar-refractivity contribution is 9.10. The Balaban J connectivity index is 3.52. The van der Waals surface area contributed by atoms with E-state index in [1.165, 1.54) is 12.1 Å². The Morgan fingerprint density at radius 2 is 1.23 bits per heavy atom. The van der Waals surface area contributed by atoms with Crippen molar-refractivity contribution in [3.8, 4) is 0 Å². The van der Waals surface area contributed by atoms with Crippen LogP contribution in [0.4, 0.5) is 0 Å². The molecule has 118 valence electrons. The van der Waals surface area contributed by atoms with Crippen LogP contribution in [0.25, 0.3) is 0 Å². The van der Waals surface area contributed by atoms with Crippen LogP contribution in [0.2, 0.25) is 0 Å². The summed E-state index contributed by atoms with van der Waals surface area (Å²) in [4.78, 5) is 46.3. The zero-order chi connectivity index (χ0) is 17.0. The lowest BCUT2D eigenvalue weighted by Crippen LogP contribution is -2.39. The van der Waals surface area contributed by atoms with Crippen LogP contribution in [-0.4, -0.2) is 33.7 Å². The van der Waals surface area contributed by atoms with E-state index in [9.17, 15) is 29.4 Å². The Bertz CT molecular complexity index is 547. The van der Waals surface area contributed by atoms with Crippen LogP contribution in [-0.2, 0) is 19.2 Å². The summed E-state index contributed by atoms with van der Waals surface area (Å²) in [6, 6.07) is 6.21. The summed E-state index contributed by atoms with van der Waals surface area (Å²) in [7, 11) is 0. The number of carbonyl (C=O) groups is 4. The average molecular weight is 371 g/mol. The molecule has 1 aromatic carbocycles. The maximum atomic E-state index is 11.7. The van der Waals surface area contributed by atoms with Gasteiger partial charge in [0.2, 0.25) is 0 Å². The standard InChI is InChI=1S/C15H15BrO6/c1-7(17)11(14(19)20)13(12(8(2)18)15(21)22)9-3-5-10(16)6-4-9/h3-6,11-13H,1-2H3,(H,19,20)(H,21,22). The van der Waals surface area contributed by atoms with E-state index in [-0.39, 0.29) is 0 Å². The number of aliphatic carboxylic acids is 2. The second-order valence-electron chi connectivity index (χ2n) is 4.93. The first-order valence-corrected chi connectivity index (χ1v) is 7.18. The molecule has 0 aliphatic carbocycles. The molecule has 0 saturated heterocycles. The quantitative estimate of drug-likeness (QED) is 0.711. The van der Waals surface area contributed by atoms with Crippen molar-refractivity contribution in [2.24, 2.45) is 11.8 Å². The molecule has 0 bridgehead atoms. The van der Waals surface area contributed by atoms with Crippen LogP contribution >= 0.6 is 15.9 Å².